The van der Waals surface area contributed by atoms with Gasteiger partial charge in [0.2, 0.25) is 10.0 Å². The lowest BCUT2D eigenvalue weighted by Gasteiger charge is -2.16. The fraction of sp³-hybridized carbons (Fsp3) is 0.462. The second-order valence-electron chi connectivity index (χ2n) is 4.78. The molecule has 1 aromatic rings. The Morgan fingerprint density at radius 2 is 1.95 bits per heavy atom. The number of benzene rings is 1. The predicted octanol–water partition coefficient (Wildman–Crippen LogP) is 2.55. The molecule has 1 rings (SSSR count). The van der Waals surface area contributed by atoms with E-state index < -0.39 is 38.7 Å². The van der Waals surface area contributed by atoms with E-state index in [0.717, 1.165) is 12.1 Å². The number of carbonyl (C=O) groups is 1. The number of carboxylic acid groups (broad SMARTS) is 1. The van der Waals surface area contributed by atoms with Crippen LogP contribution in [0.15, 0.2) is 23.1 Å². The molecule has 0 radical (unpaired) electrons. The van der Waals surface area contributed by atoms with Crippen molar-refractivity contribution in [2.24, 2.45) is 0 Å². The molecule has 0 bridgehead atoms. The number of rotatable bonds is 6. The Labute approximate surface area is 126 Å². The van der Waals surface area contributed by atoms with Crippen LogP contribution in [-0.4, -0.2) is 25.5 Å². The molecule has 0 spiro atoms. The number of hydrogen-bond donors (Lipinski definition) is 2. The Bertz CT molecular complexity index is 656. The number of aryl methyl sites for hydroxylation is 1. The number of nitrogens with one attached hydrogen (secondary N) is 1. The highest BCUT2D eigenvalue weighted by Gasteiger charge is 2.33. The van der Waals surface area contributed by atoms with Crippen molar-refractivity contribution < 1.29 is 31.5 Å². The van der Waals surface area contributed by atoms with Gasteiger partial charge in [-0.25, -0.2) is 8.42 Å². The molecule has 0 fully saturated rings. The van der Waals surface area contributed by atoms with E-state index in [1.807, 2.05) is 4.72 Å². The van der Waals surface area contributed by atoms with Gasteiger partial charge < -0.3 is 5.11 Å². The molecule has 1 atom stereocenters. The van der Waals surface area contributed by atoms with Gasteiger partial charge >= 0.3 is 12.1 Å². The summed E-state index contributed by atoms with van der Waals surface area (Å²) in [5.41, 5.74) is -1.01. The second-order valence-corrected chi connectivity index (χ2v) is 6.46. The molecule has 0 saturated heterocycles. The number of aliphatic carboxylic acids is 1. The summed E-state index contributed by atoms with van der Waals surface area (Å²) in [7, 11) is -4.37. The minimum atomic E-state index is -4.69. The molecule has 9 heteroatoms. The lowest BCUT2D eigenvalue weighted by molar-refractivity contribution is -0.139. The van der Waals surface area contributed by atoms with E-state index in [0.29, 0.717) is 12.5 Å². The summed E-state index contributed by atoms with van der Waals surface area (Å²) in [6, 6.07) is 0.925. The maximum Gasteiger partial charge on any atom is 0.416 e. The van der Waals surface area contributed by atoms with Gasteiger partial charge in [0.05, 0.1) is 10.5 Å². The molecule has 22 heavy (non-hydrogen) atoms. The summed E-state index contributed by atoms with van der Waals surface area (Å²) < 4.78 is 64.4. The molecule has 1 aromatic carbocycles. The molecule has 0 heterocycles. The predicted molar refractivity (Wildman–Crippen MR) is 72.8 cm³/mol. The topological polar surface area (TPSA) is 83.5 Å². The van der Waals surface area contributed by atoms with Crippen LogP contribution in [0, 0.1) is 6.92 Å². The first-order valence-corrected chi connectivity index (χ1v) is 7.90. The molecule has 0 aliphatic heterocycles. The molecule has 0 aliphatic carbocycles. The van der Waals surface area contributed by atoms with Crippen LogP contribution < -0.4 is 4.72 Å². The molecule has 0 amide bonds. The second kappa shape index (κ2) is 6.66. The number of hydrogen-bond acceptors (Lipinski definition) is 3. The van der Waals surface area contributed by atoms with Crippen molar-refractivity contribution in [1.29, 1.82) is 0 Å². The standard InChI is InChI=1S/C13H16F3NO4S/c1-3-4-10(12(18)19)17-22(20,21)11-7-9(13(14,15)16)6-5-8(11)2/h5-7,10,17H,3-4H2,1-2H3,(H,18,19). The first-order chi connectivity index (χ1) is 9.99. The average molecular weight is 339 g/mol. The maximum absolute atomic E-state index is 12.7. The van der Waals surface area contributed by atoms with Gasteiger partial charge in [0, 0.05) is 0 Å². The zero-order valence-electron chi connectivity index (χ0n) is 11.9. The fourth-order valence-electron chi connectivity index (χ4n) is 1.84. The first-order valence-electron chi connectivity index (χ1n) is 6.42. The van der Waals surface area contributed by atoms with Crippen molar-refractivity contribution in [3.8, 4) is 0 Å². The normalized spacial score (nSPS) is 13.9. The number of sulfonamides is 1. The van der Waals surface area contributed by atoms with Crippen LogP contribution >= 0.6 is 0 Å². The highest BCUT2D eigenvalue weighted by atomic mass is 32.2. The molecule has 0 saturated carbocycles. The van der Waals surface area contributed by atoms with E-state index in [9.17, 15) is 26.4 Å². The fourth-order valence-corrected chi connectivity index (χ4v) is 3.33. The molecular formula is C13H16F3NO4S. The van der Waals surface area contributed by atoms with Crippen molar-refractivity contribution in [3.05, 3.63) is 29.3 Å². The summed E-state index contributed by atoms with van der Waals surface area (Å²) in [4.78, 5) is 10.4. The lowest BCUT2D eigenvalue weighted by atomic mass is 10.1. The third-order valence-corrected chi connectivity index (χ3v) is 4.59. The Morgan fingerprint density at radius 3 is 2.41 bits per heavy atom. The van der Waals surface area contributed by atoms with Crippen LogP contribution in [0.3, 0.4) is 0 Å². The quantitative estimate of drug-likeness (QED) is 0.834. The van der Waals surface area contributed by atoms with Gasteiger partial charge in [-0.15, -0.1) is 0 Å². The largest absolute Gasteiger partial charge is 0.480 e. The van der Waals surface area contributed by atoms with Crippen molar-refractivity contribution >= 4 is 16.0 Å². The van der Waals surface area contributed by atoms with Gasteiger partial charge in [-0.3, -0.25) is 4.79 Å². The van der Waals surface area contributed by atoms with Crippen molar-refractivity contribution in [2.45, 2.75) is 43.8 Å². The maximum atomic E-state index is 12.7. The third-order valence-electron chi connectivity index (χ3n) is 2.98. The van der Waals surface area contributed by atoms with E-state index in [2.05, 4.69) is 0 Å². The van der Waals surface area contributed by atoms with Crippen LogP contribution in [-0.2, 0) is 21.0 Å². The Kier molecular flexibility index (Phi) is 5.58. The summed E-state index contributed by atoms with van der Waals surface area (Å²) in [5.74, 6) is -1.38. The minimum Gasteiger partial charge on any atom is -0.480 e. The Hall–Kier alpha value is -1.61. The SMILES string of the molecule is CCCC(NS(=O)(=O)c1cc(C(F)(F)F)ccc1C)C(=O)O. The van der Waals surface area contributed by atoms with E-state index in [1.54, 1.807) is 6.92 Å². The van der Waals surface area contributed by atoms with Gasteiger partial charge in [0.15, 0.2) is 0 Å². The molecule has 5 nitrogen and oxygen atoms in total. The zero-order chi connectivity index (χ0) is 17.1. The Morgan fingerprint density at radius 1 is 1.36 bits per heavy atom. The molecule has 0 aliphatic rings. The monoisotopic (exact) mass is 339 g/mol. The Balaban J connectivity index is 3.25. The van der Waals surface area contributed by atoms with Gasteiger partial charge in [0.1, 0.15) is 6.04 Å². The van der Waals surface area contributed by atoms with E-state index in [1.165, 1.54) is 6.92 Å². The highest BCUT2D eigenvalue weighted by molar-refractivity contribution is 7.89. The molecule has 0 aromatic heterocycles. The molecule has 2 N–H and O–H groups in total. The number of carboxylic acids is 1. The summed E-state index contributed by atoms with van der Waals surface area (Å²) >= 11 is 0. The summed E-state index contributed by atoms with van der Waals surface area (Å²) in [6.45, 7) is 3.00. The van der Waals surface area contributed by atoms with E-state index >= 15 is 0 Å². The van der Waals surface area contributed by atoms with Gasteiger partial charge in [-0.2, -0.15) is 17.9 Å². The van der Waals surface area contributed by atoms with Crippen LogP contribution in [0.4, 0.5) is 13.2 Å². The van der Waals surface area contributed by atoms with Crippen molar-refractivity contribution in [1.82, 2.24) is 4.72 Å². The van der Waals surface area contributed by atoms with Crippen LogP contribution in [0.25, 0.3) is 0 Å². The smallest absolute Gasteiger partial charge is 0.416 e. The van der Waals surface area contributed by atoms with Gasteiger partial charge in [-0.1, -0.05) is 19.4 Å². The molecule has 124 valence electrons. The van der Waals surface area contributed by atoms with E-state index in [-0.39, 0.29) is 12.0 Å². The lowest BCUT2D eigenvalue weighted by Crippen LogP contribution is -2.40. The van der Waals surface area contributed by atoms with Crippen molar-refractivity contribution in [2.75, 3.05) is 0 Å². The van der Waals surface area contributed by atoms with Crippen LogP contribution in [0.2, 0.25) is 0 Å². The molecular weight excluding hydrogens is 323 g/mol. The average Bonchev–Trinajstić information content (AvgIpc) is 2.36. The van der Waals surface area contributed by atoms with Gasteiger partial charge in [-0.05, 0) is 31.0 Å². The third kappa shape index (κ3) is 4.44. The number of halogens is 3. The highest BCUT2D eigenvalue weighted by Crippen LogP contribution is 2.31. The van der Waals surface area contributed by atoms with E-state index in [4.69, 9.17) is 5.11 Å². The summed E-state index contributed by atoms with van der Waals surface area (Å²) in [6.07, 6.45) is -4.25. The first kappa shape index (κ1) is 18.4. The van der Waals surface area contributed by atoms with Crippen LogP contribution in [0.5, 0.6) is 0 Å². The summed E-state index contributed by atoms with van der Waals surface area (Å²) in [5, 5.41) is 8.96. The molecule has 1 unspecified atom stereocenters. The zero-order valence-corrected chi connectivity index (χ0v) is 12.8. The van der Waals surface area contributed by atoms with Crippen LogP contribution in [0.1, 0.15) is 30.9 Å². The minimum absolute atomic E-state index is 0.0343. The number of alkyl halides is 3. The van der Waals surface area contributed by atoms with Crippen molar-refractivity contribution in [3.63, 3.8) is 0 Å². The van der Waals surface area contributed by atoms with Gasteiger partial charge in [0.25, 0.3) is 0 Å².